The van der Waals surface area contributed by atoms with Crippen LogP contribution in [-0.4, -0.2) is 15.0 Å². The van der Waals surface area contributed by atoms with Gasteiger partial charge in [-0.15, -0.1) is 0 Å². The van der Waals surface area contributed by atoms with Crippen molar-refractivity contribution < 1.29 is 0 Å². The number of fused-ring (bicyclic) bond motifs is 6. The molecule has 0 saturated heterocycles. The van der Waals surface area contributed by atoms with Gasteiger partial charge < -0.3 is 0 Å². The van der Waals surface area contributed by atoms with Gasteiger partial charge in [0.15, 0.2) is 17.5 Å². The summed E-state index contributed by atoms with van der Waals surface area (Å²) in [6.07, 6.45) is 0. The van der Waals surface area contributed by atoms with Crippen LogP contribution in [0.1, 0.15) is 0 Å². The molecule has 1 aromatic heterocycles. The zero-order valence-corrected chi connectivity index (χ0v) is 24.9. The maximum absolute atomic E-state index is 5.12. The van der Waals surface area contributed by atoms with Gasteiger partial charge in [0, 0.05) is 16.7 Å². The lowest BCUT2D eigenvalue weighted by Crippen LogP contribution is -2.01. The lowest BCUT2D eigenvalue weighted by Gasteiger charge is -2.13. The van der Waals surface area contributed by atoms with Gasteiger partial charge in [0.2, 0.25) is 0 Å². The minimum Gasteiger partial charge on any atom is -0.208 e. The monoisotopic (exact) mass is 585 g/mol. The fraction of sp³-hybridized carbons (Fsp3) is 0. The Hall–Kier alpha value is -6.19. The predicted molar refractivity (Wildman–Crippen MR) is 192 cm³/mol. The topological polar surface area (TPSA) is 38.7 Å². The van der Waals surface area contributed by atoms with Crippen molar-refractivity contribution in [1.29, 1.82) is 0 Å². The summed E-state index contributed by atoms with van der Waals surface area (Å²) in [7, 11) is 0. The molecule has 0 fully saturated rings. The summed E-state index contributed by atoms with van der Waals surface area (Å²) in [4.78, 5) is 15.2. The molecule has 0 aliphatic rings. The van der Waals surface area contributed by atoms with Crippen LogP contribution in [0.25, 0.3) is 88.4 Å². The molecule has 0 atom stereocenters. The molecule has 46 heavy (non-hydrogen) atoms. The Bertz CT molecular complexity index is 2590. The van der Waals surface area contributed by atoms with Crippen LogP contribution in [0, 0.1) is 0 Å². The van der Waals surface area contributed by atoms with Crippen LogP contribution >= 0.6 is 0 Å². The van der Waals surface area contributed by atoms with E-state index in [1.165, 1.54) is 37.7 Å². The van der Waals surface area contributed by atoms with E-state index >= 15 is 0 Å². The van der Waals surface area contributed by atoms with Gasteiger partial charge in [0.05, 0.1) is 0 Å². The van der Waals surface area contributed by atoms with E-state index in [-0.39, 0.29) is 0 Å². The highest BCUT2D eigenvalue weighted by atomic mass is 15.0. The van der Waals surface area contributed by atoms with Crippen molar-refractivity contribution in [2.45, 2.75) is 0 Å². The maximum atomic E-state index is 5.12. The molecular weight excluding hydrogens is 558 g/mol. The maximum Gasteiger partial charge on any atom is 0.164 e. The lowest BCUT2D eigenvalue weighted by atomic mass is 9.93. The summed E-state index contributed by atoms with van der Waals surface area (Å²) in [5.74, 6) is 1.96. The van der Waals surface area contributed by atoms with Crippen LogP contribution in [0.4, 0.5) is 0 Å². The molecule has 0 unspecified atom stereocenters. The van der Waals surface area contributed by atoms with E-state index in [2.05, 4.69) is 133 Å². The highest BCUT2D eigenvalue weighted by Gasteiger charge is 2.16. The van der Waals surface area contributed by atoms with Gasteiger partial charge in [-0.05, 0) is 66.3 Å². The highest BCUT2D eigenvalue weighted by molar-refractivity contribution is 6.17. The van der Waals surface area contributed by atoms with Crippen molar-refractivity contribution in [3.8, 4) is 45.3 Å². The van der Waals surface area contributed by atoms with Crippen molar-refractivity contribution in [2.24, 2.45) is 0 Å². The Kier molecular flexibility index (Phi) is 6.14. The smallest absolute Gasteiger partial charge is 0.164 e. The molecule has 9 aromatic rings. The van der Waals surface area contributed by atoms with Gasteiger partial charge in [-0.1, -0.05) is 152 Å². The van der Waals surface area contributed by atoms with Crippen molar-refractivity contribution >= 4 is 43.1 Å². The molecule has 1 heterocycles. The van der Waals surface area contributed by atoms with Crippen molar-refractivity contribution in [3.63, 3.8) is 0 Å². The van der Waals surface area contributed by atoms with Gasteiger partial charge in [-0.2, -0.15) is 0 Å². The number of hydrogen-bond donors (Lipinski definition) is 0. The van der Waals surface area contributed by atoms with Crippen molar-refractivity contribution in [2.75, 3.05) is 0 Å². The van der Waals surface area contributed by atoms with Crippen LogP contribution in [0.2, 0.25) is 0 Å². The molecule has 9 rings (SSSR count). The van der Waals surface area contributed by atoms with Crippen molar-refractivity contribution in [3.05, 3.63) is 164 Å². The fourth-order valence-electron chi connectivity index (χ4n) is 6.59. The summed E-state index contributed by atoms with van der Waals surface area (Å²) in [6, 6.07) is 57.6. The third kappa shape index (κ3) is 4.49. The van der Waals surface area contributed by atoms with E-state index in [1.54, 1.807) is 0 Å². The minimum absolute atomic E-state index is 0.650. The second-order valence-electron chi connectivity index (χ2n) is 11.7. The normalized spacial score (nSPS) is 11.5. The molecule has 0 N–H and O–H groups in total. The van der Waals surface area contributed by atoms with Crippen LogP contribution in [0.5, 0.6) is 0 Å². The number of benzene rings is 8. The van der Waals surface area contributed by atoms with Crippen LogP contribution < -0.4 is 0 Å². The average molecular weight is 586 g/mol. The largest absolute Gasteiger partial charge is 0.208 e. The number of rotatable bonds is 4. The summed E-state index contributed by atoms with van der Waals surface area (Å²) in [6.45, 7) is 0. The molecule has 0 aliphatic heterocycles. The second kappa shape index (κ2) is 10.8. The molecule has 0 saturated carbocycles. The fourth-order valence-corrected chi connectivity index (χ4v) is 6.59. The number of hydrogen-bond acceptors (Lipinski definition) is 3. The van der Waals surface area contributed by atoms with Crippen LogP contribution in [-0.2, 0) is 0 Å². The van der Waals surface area contributed by atoms with E-state index < -0.39 is 0 Å². The van der Waals surface area contributed by atoms with E-state index in [4.69, 9.17) is 15.0 Å². The molecule has 3 heteroatoms. The third-order valence-corrected chi connectivity index (χ3v) is 8.90. The molecule has 0 aliphatic carbocycles. The average Bonchev–Trinajstić information content (AvgIpc) is 3.14. The minimum atomic E-state index is 0.650. The highest BCUT2D eigenvalue weighted by Crippen LogP contribution is 2.37. The zero-order valence-electron chi connectivity index (χ0n) is 24.9. The molecule has 8 aromatic carbocycles. The molecule has 0 amide bonds. The Morgan fingerprint density at radius 1 is 0.261 bits per heavy atom. The van der Waals surface area contributed by atoms with E-state index in [0.29, 0.717) is 17.5 Å². The number of aromatic nitrogens is 3. The summed E-state index contributed by atoms with van der Waals surface area (Å²) < 4.78 is 0. The zero-order chi connectivity index (χ0) is 30.5. The summed E-state index contributed by atoms with van der Waals surface area (Å²) in [5.41, 5.74) is 5.08. The molecule has 0 radical (unpaired) electrons. The van der Waals surface area contributed by atoms with E-state index in [0.717, 1.165) is 33.2 Å². The second-order valence-corrected chi connectivity index (χ2v) is 11.7. The Balaban J connectivity index is 1.24. The summed E-state index contributed by atoms with van der Waals surface area (Å²) >= 11 is 0. The molecular formula is C43H27N3. The number of nitrogens with zero attached hydrogens (tertiary/aromatic N) is 3. The van der Waals surface area contributed by atoms with Gasteiger partial charge >= 0.3 is 0 Å². The van der Waals surface area contributed by atoms with Crippen molar-refractivity contribution in [1.82, 2.24) is 15.0 Å². The molecule has 0 spiro atoms. The predicted octanol–water partition coefficient (Wildman–Crippen LogP) is 11.2. The molecule has 3 nitrogen and oxygen atoms in total. The lowest BCUT2D eigenvalue weighted by molar-refractivity contribution is 1.07. The standard InChI is InChI=1S/C43H27N3/c1-2-12-31(13-3-1)41-44-42(34-21-18-28-10-4-5-14-32(28)26-34)46-43(45-41)39-17-9-8-16-36(39)33-20-19-30-23-24-37-35-15-7-6-11-29(35)22-25-38(37)40(30)27-33/h1-27H. The van der Waals surface area contributed by atoms with E-state index in [9.17, 15) is 0 Å². The van der Waals surface area contributed by atoms with E-state index in [1.807, 2.05) is 30.3 Å². The molecule has 0 bridgehead atoms. The first-order chi connectivity index (χ1) is 22.8. The Labute approximate surface area is 266 Å². The van der Waals surface area contributed by atoms with Gasteiger partial charge in [0.25, 0.3) is 0 Å². The third-order valence-electron chi connectivity index (χ3n) is 8.90. The van der Waals surface area contributed by atoms with Crippen LogP contribution in [0.3, 0.4) is 0 Å². The van der Waals surface area contributed by atoms with Crippen LogP contribution in [0.15, 0.2) is 164 Å². The van der Waals surface area contributed by atoms with Gasteiger partial charge in [0.1, 0.15) is 0 Å². The SMILES string of the molecule is c1ccc(-c2nc(-c3ccc4ccccc4c3)nc(-c3ccccc3-c3ccc4ccc5c6ccccc6ccc5c4c3)n2)cc1. The van der Waals surface area contributed by atoms with Gasteiger partial charge in [-0.25, -0.2) is 15.0 Å². The van der Waals surface area contributed by atoms with Gasteiger partial charge in [-0.3, -0.25) is 0 Å². The quantitative estimate of drug-likeness (QED) is 0.193. The first-order valence-corrected chi connectivity index (χ1v) is 15.5. The summed E-state index contributed by atoms with van der Waals surface area (Å²) in [5, 5.41) is 9.82. The first-order valence-electron chi connectivity index (χ1n) is 15.5. The molecule has 214 valence electrons. The Morgan fingerprint density at radius 3 is 1.63 bits per heavy atom. The first kappa shape index (κ1) is 26.2. The Morgan fingerprint density at radius 2 is 0.804 bits per heavy atom.